The van der Waals surface area contributed by atoms with Gasteiger partial charge in [0.1, 0.15) is 0 Å². The molecular weight excluding hydrogens is 296 g/mol. The lowest BCUT2D eigenvalue weighted by Crippen LogP contribution is -2.14. The Labute approximate surface area is 125 Å². The van der Waals surface area contributed by atoms with E-state index in [1.807, 2.05) is 0 Å². The lowest BCUT2D eigenvalue weighted by atomic mass is 9.91. The summed E-state index contributed by atoms with van der Waals surface area (Å²) in [5, 5.41) is 0. The molecule has 0 aliphatic heterocycles. The van der Waals surface area contributed by atoms with Crippen LogP contribution in [0.4, 0.5) is 0 Å². The minimum absolute atomic E-state index is 0.120. The van der Waals surface area contributed by atoms with Gasteiger partial charge >= 0.3 is 0 Å². The Balaban J connectivity index is 2.26. The van der Waals surface area contributed by atoms with Gasteiger partial charge in [0.2, 0.25) is 0 Å². The van der Waals surface area contributed by atoms with Crippen molar-refractivity contribution < 1.29 is 0 Å². The van der Waals surface area contributed by atoms with Gasteiger partial charge in [-0.15, -0.1) is 0 Å². The first-order valence-corrected chi connectivity index (χ1v) is 7.63. The molecule has 2 rings (SSSR count). The summed E-state index contributed by atoms with van der Waals surface area (Å²) in [6.07, 6.45) is 1.14. The number of rotatable bonds is 4. The third kappa shape index (κ3) is 3.48. The average molecular weight is 317 g/mol. The molecule has 2 aromatic carbocycles. The van der Waals surface area contributed by atoms with Gasteiger partial charge in [0.05, 0.1) is 4.32 Å². The summed E-state index contributed by atoms with van der Waals surface area (Å²) in [6, 6.07) is 19.5. The zero-order valence-electron chi connectivity index (χ0n) is 11.9. The van der Waals surface area contributed by atoms with Crippen LogP contribution in [0.3, 0.4) is 0 Å². The first-order chi connectivity index (χ1) is 9.00. The zero-order valence-corrected chi connectivity index (χ0v) is 13.4. The van der Waals surface area contributed by atoms with Gasteiger partial charge in [0, 0.05) is 0 Å². The van der Waals surface area contributed by atoms with E-state index in [1.54, 1.807) is 0 Å². The number of benzene rings is 2. The van der Waals surface area contributed by atoms with Gasteiger partial charge in [-0.2, -0.15) is 0 Å². The van der Waals surface area contributed by atoms with E-state index in [0.29, 0.717) is 5.92 Å². The second-order valence-electron chi connectivity index (χ2n) is 5.66. The highest BCUT2D eigenvalue weighted by Gasteiger charge is 2.24. The van der Waals surface area contributed by atoms with Crippen molar-refractivity contribution in [2.24, 2.45) is 5.92 Å². The van der Waals surface area contributed by atoms with Crippen LogP contribution in [0.2, 0.25) is 0 Å². The standard InChI is InChI=1S/C18H21Br/c1-14(2)13-15-9-11-17(12-10-15)18(3,19)16-7-5-4-6-8-16/h4-12,14H,13H2,1-3H3. The minimum atomic E-state index is -0.120. The van der Waals surface area contributed by atoms with Gasteiger partial charge in [-0.25, -0.2) is 0 Å². The van der Waals surface area contributed by atoms with Gasteiger partial charge in [0.25, 0.3) is 0 Å². The Hall–Kier alpha value is -1.08. The summed E-state index contributed by atoms with van der Waals surface area (Å²) in [5.41, 5.74) is 3.99. The molecule has 0 aromatic heterocycles. The molecule has 0 bridgehead atoms. The van der Waals surface area contributed by atoms with Crippen molar-refractivity contribution in [2.75, 3.05) is 0 Å². The van der Waals surface area contributed by atoms with Crippen LogP contribution < -0.4 is 0 Å². The predicted molar refractivity (Wildman–Crippen MR) is 86.8 cm³/mol. The second-order valence-corrected chi connectivity index (χ2v) is 7.25. The molecule has 100 valence electrons. The van der Waals surface area contributed by atoms with Crippen LogP contribution in [0.25, 0.3) is 0 Å². The molecule has 0 radical (unpaired) electrons. The molecule has 0 aliphatic carbocycles. The molecule has 0 spiro atoms. The maximum atomic E-state index is 3.87. The van der Waals surface area contributed by atoms with E-state index in [0.717, 1.165) is 6.42 Å². The number of hydrogen-bond acceptors (Lipinski definition) is 0. The predicted octanol–water partition coefficient (Wildman–Crippen LogP) is 5.54. The smallest absolute Gasteiger partial charge is 0.0726 e. The van der Waals surface area contributed by atoms with Gasteiger partial charge < -0.3 is 0 Å². The fourth-order valence-electron chi connectivity index (χ4n) is 2.34. The molecule has 0 heterocycles. The Bertz CT molecular complexity index is 509. The maximum absolute atomic E-state index is 3.87. The van der Waals surface area contributed by atoms with Crippen LogP contribution in [-0.2, 0) is 10.7 Å². The quantitative estimate of drug-likeness (QED) is 0.649. The van der Waals surface area contributed by atoms with Crippen molar-refractivity contribution in [2.45, 2.75) is 31.5 Å². The molecule has 0 fully saturated rings. The molecule has 1 heteroatoms. The van der Waals surface area contributed by atoms with E-state index in [4.69, 9.17) is 0 Å². The average Bonchev–Trinajstić information content (AvgIpc) is 2.40. The lowest BCUT2D eigenvalue weighted by molar-refractivity contribution is 0.647. The summed E-state index contributed by atoms with van der Waals surface area (Å²) in [6.45, 7) is 6.72. The number of halogens is 1. The topological polar surface area (TPSA) is 0 Å². The number of alkyl halides is 1. The van der Waals surface area contributed by atoms with E-state index in [-0.39, 0.29) is 4.32 Å². The van der Waals surface area contributed by atoms with Crippen molar-refractivity contribution in [1.82, 2.24) is 0 Å². The fourth-order valence-corrected chi connectivity index (χ4v) is 2.87. The first-order valence-electron chi connectivity index (χ1n) is 6.84. The molecule has 19 heavy (non-hydrogen) atoms. The molecule has 0 aliphatic rings. The molecule has 0 nitrogen and oxygen atoms in total. The van der Waals surface area contributed by atoms with E-state index in [2.05, 4.69) is 91.3 Å². The van der Waals surface area contributed by atoms with E-state index < -0.39 is 0 Å². The molecule has 0 saturated heterocycles. The summed E-state index contributed by atoms with van der Waals surface area (Å²) in [5.74, 6) is 0.704. The lowest BCUT2D eigenvalue weighted by Gasteiger charge is -2.24. The van der Waals surface area contributed by atoms with Gasteiger partial charge in [-0.1, -0.05) is 84.4 Å². The van der Waals surface area contributed by atoms with Crippen LogP contribution in [0.15, 0.2) is 54.6 Å². The highest BCUT2D eigenvalue weighted by molar-refractivity contribution is 9.09. The van der Waals surface area contributed by atoms with Crippen molar-refractivity contribution in [3.63, 3.8) is 0 Å². The van der Waals surface area contributed by atoms with Crippen LogP contribution in [0.5, 0.6) is 0 Å². The highest BCUT2D eigenvalue weighted by Crippen LogP contribution is 2.38. The Morgan fingerprint density at radius 2 is 1.42 bits per heavy atom. The Kier molecular flexibility index (Phi) is 4.46. The molecule has 0 amide bonds. The van der Waals surface area contributed by atoms with Gasteiger partial charge in [-0.3, -0.25) is 0 Å². The van der Waals surface area contributed by atoms with Gasteiger partial charge in [0.15, 0.2) is 0 Å². The summed E-state index contributed by atoms with van der Waals surface area (Å²) >= 11 is 3.87. The molecular formula is C18H21Br. The van der Waals surface area contributed by atoms with E-state index in [1.165, 1.54) is 16.7 Å². The van der Waals surface area contributed by atoms with Crippen LogP contribution >= 0.6 is 15.9 Å². The van der Waals surface area contributed by atoms with E-state index in [9.17, 15) is 0 Å². The van der Waals surface area contributed by atoms with Crippen molar-refractivity contribution in [1.29, 1.82) is 0 Å². The third-order valence-electron chi connectivity index (χ3n) is 3.46. The summed E-state index contributed by atoms with van der Waals surface area (Å²) in [4.78, 5) is 0. The third-order valence-corrected chi connectivity index (χ3v) is 4.37. The highest BCUT2D eigenvalue weighted by atomic mass is 79.9. The Morgan fingerprint density at radius 3 is 1.95 bits per heavy atom. The SMILES string of the molecule is CC(C)Cc1ccc(C(C)(Br)c2ccccc2)cc1. The Morgan fingerprint density at radius 1 is 0.895 bits per heavy atom. The molecule has 2 aromatic rings. The normalized spacial score (nSPS) is 14.4. The van der Waals surface area contributed by atoms with Gasteiger partial charge in [-0.05, 0) is 36.0 Å². The van der Waals surface area contributed by atoms with Crippen LogP contribution in [-0.4, -0.2) is 0 Å². The minimum Gasteiger partial charge on any atom is -0.0752 e. The molecule has 0 N–H and O–H groups in total. The summed E-state index contributed by atoms with van der Waals surface area (Å²) < 4.78 is -0.120. The number of hydrogen-bond donors (Lipinski definition) is 0. The van der Waals surface area contributed by atoms with E-state index >= 15 is 0 Å². The fraction of sp³-hybridized carbons (Fsp3) is 0.333. The molecule has 0 saturated carbocycles. The second kappa shape index (κ2) is 5.92. The zero-order chi connectivity index (χ0) is 13.9. The summed E-state index contributed by atoms with van der Waals surface area (Å²) in [7, 11) is 0. The van der Waals surface area contributed by atoms with Crippen LogP contribution in [0, 0.1) is 5.92 Å². The van der Waals surface area contributed by atoms with Crippen molar-refractivity contribution in [3.05, 3.63) is 71.3 Å². The maximum Gasteiger partial charge on any atom is 0.0726 e. The largest absolute Gasteiger partial charge is 0.0752 e. The first kappa shape index (κ1) is 14.3. The van der Waals surface area contributed by atoms with Crippen molar-refractivity contribution >= 4 is 15.9 Å². The molecule has 1 atom stereocenters. The monoisotopic (exact) mass is 316 g/mol. The molecule has 1 unspecified atom stereocenters. The van der Waals surface area contributed by atoms with Crippen molar-refractivity contribution in [3.8, 4) is 0 Å². The van der Waals surface area contributed by atoms with Crippen LogP contribution in [0.1, 0.15) is 37.5 Å².